The number of esters is 1. The second-order valence-corrected chi connectivity index (χ2v) is 9.10. The molecule has 0 aliphatic rings. The Balaban J connectivity index is 4.62. The molecule has 0 aliphatic carbocycles. The maximum atomic E-state index is 11.9. The Bertz CT molecular complexity index is 348. The highest BCUT2D eigenvalue weighted by Gasteiger charge is 2.40. The summed E-state index contributed by atoms with van der Waals surface area (Å²) in [6.07, 6.45) is 4.01. The van der Waals surface area contributed by atoms with E-state index >= 15 is 0 Å². The third kappa shape index (κ3) is 8.57. The molecule has 0 aromatic rings. The van der Waals surface area contributed by atoms with Gasteiger partial charge in [0.05, 0.1) is 6.61 Å². The van der Waals surface area contributed by atoms with Crippen LogP contribution in [0.5, 0.6) is 0 Å². The fourth-order valence-corrected chi connectivity index (χ4v) is 3.98. The molecule has 3 heteroatoms. The van der Waals surface area contributed by atoms with Gasteiger partial charge in [-0.25, -0.2) is 0 Å². The van der Waals surface area contributed by atoms with E-state index in [9.17, 15) is 4.79 Å². The Morgan fingerprint density at radius 1 is 0.920 bits per heavy atom. The number of aliphatic hydroxyl groups excluding tert-OH is 1. The lowest BCUT2D eigenvalue weighted by atomic mass is 9.59. The van der Waals surface area contributed by atoms with Crippen molar-refractivity contribution in [2.24, 2.45) is 35.0 Å². The smallest absolute Gasteiger partial charge is 0.305 e. The van der Waals surface area contributed by atoms with E-state index in [2.05, 4.69) is 55.4 Å². The molecule has 0 radical (unpaired) electrons. The monoisotopic (exact) mass is 356 g/mol. The highest BCUT2D eigenvalue weighted by Crippen LogP contribution is 2.47. The second-order valence-electron chi connectivity index (χ2n) is 9.10. The van der Waals surface area contributed by atoms with Gasteiger partial charge in [-0.3, -0.25) is 4.79 Å². The molecule has 3 unspecified atom stereocenters. The van der Waals surface area contributed by atoms with Gasteiger partial charge in [0.25, 0.3) is 0 Å². The summed E-state index contributed by atoms with van der Waals surface area (Å²) in [6.45, 7) is 19.4. The molecule has 3 nitrogen and oxygen atoms in total. The zero-order chi connectivity index (χ0) is 19.6. The van der Waals surface area contributed by atoms with Crippen LogP contribution in [0.1, 0.15) is 87.5 Å². The van der Waals surface area contributed by atoms with E-state index in [1.807, 2.05) is 0 Å². The van der Waals surface area contributed by atoms with Crippen LogP contribution in [0.15, 0.2) is 0 Å². The summed E-state index contributed by atoms with van der Waals surface area (Å²) in [5, 5.41) is 8.77. The van der Waals surface area contributed by atoms with Crippen molar-refractivity contribution in [3.8, 4) is 0 Å². The highest BCUT2D eigenvalue weighted by atomic mass is 16.5. The van der Waals surface area contributed by atoms with Crippen LogP contribution in [0, 0.1) is 35.0 Å². The topological polar surface area (TPSA) is 46.5 Å². The molecule has 0 saturated carbocycles. The standard InChI is InChI=1S/C22H44O3/c1-16(2)19(6)22(8,20(7)17(3)4)14-18(5)15-25-21(24)12-10-9-11-13-23/h16-20,23H,9-15H2,1-8H3. The quantitative estimate of drug-likeness (QED) is 0.340. The molecule has 0 bridgehead atoms. The molecule has 0 heterocycles. The molecule has 0 saturated heterocycles. The van der Waals surface area contributed by atoms with E-state index in [-0.39, 0.29) is 18.0 Å². The third-order valence-electron chi connectivity index (χ3n) is 6.44. The van der Waals surface area contributed by atoms with E-state index in [1.54, 1.807) is 0 Å². The minimum absolute atomic E-state index is 0.0969. The molecular formula is C22H44O3. The molecule has 150 valence electrons. The van der Waals surface area contributed by atoms with E-state index in [1.165, 1.54) is 0 Å². The fourth-order valence-electron chi connectivity index (χ4n) is 3.98. The van der Waals surface area contributed by atoms with Crippen LogP contribution in [-0.4, -0.2) is 24.3 Å². The van der Waals surface area contributed by atoms with E-state index in [0.29, 0.717) is 42.6 Å². The van der Waals surface area contributed by atoms with Crippen molar-refractivity contribution in [1.29, 1.82) is 0 Å². The lowest BCUT2D eigenvalue weighted by molar-refractivity contribution is -0.145. The van der Waals surface area contributed by atoms with Gasteiger partial charge >= 0.3 is 5.97 Å². The Morgan fingerprint density at radius 3 is 1.88 bits per heavy atom. The Hall–Kier alpha value is -0.570. The van der Waals surface area contributed by atoms with Crippen LogP contribution in [0.25, 0.3) is 0 Å². The van der Waals surface area contributed by atoms with Gasteiger partial charge in [-0.05, 0) is 54.3 Å². The highest BCUT2D eigenvalue weighted by molar-refractivity contribution is 5.69. The average molecular weight is 357 g/mol. The number of hydrogen-bond acceptors (Lipinski definition) is 3. The predicted octanol–water partition coefficient (Wildman–Crippen LogP) is 5.70. The van der Waals surface area contributed by atoms with Crippen molar-refractivity contribution in [2.45, 2.75) is 87.5 Å². The third-order valence-corrected chi connectivity index (χ3v) is 6.44. The van der Waals surface area contributed by atoms with Crippen molar-refractivity contribution in [2.75, 3.05) is 13.2 Å². The van der Waals surface area contributed by atoms with Gasteiger partial charge in [0.2, 0.25) is 0 Å². The second kappa shape index (κ2) is 11.9. The van der Waals surface area contributed by atoms with Crippen molar-refractivity contribution in [1.82, 2.24) is 0 Å². The van der Waals surface area contributed by atoms with E-state index < -0.39 is 0 Å². The number of hydrogen-bond donors (Lipinski definition) is 1. The first-order chi connectivity index (χ1) is 11.6. The summed E-state index contributed by atoms with van der Waals surface area (Å²) in [5.41, 5.74) is 0.245. The van der Waals surface area contributed by atoms with E-state index in [0.717, 1.165) is 25.7 Å². The Morgan fingerprint density at radius 2 is 1.44 bits per heavy atom. The van der Waals surface area contributed by atoms with Crippen LogP contribution < -0.4 is 0 Å². The summed E-state index contributed by atoms with van der Waals surface area (Å²) in [7, 11) is 0. The molecule has 0 amide bonds. The van der Waals surface area contributed by atoms with Crippen LogP contribution in [0.3, 0.4) is 0 Å². The Labute approximate surface area is 156 Å². The molecule has 25 heavy (non-hydrogen) atoms. The molecule has 0 aromatic heterocycles. The largest absolute Gasteiger partial charge is 0.465 e. The average Bonchev–Trinajstić information content (AvgIpc) is 2.55. The summed E-state index contributed by atoms with van der Waals surface area (Å²) in [5.74, 6) is 2.82. The molecule has 0 aliphatic heterocycles. The molecule has 0 spiro atoms. The SMILES string of the molecule is CC(COC(=O)CCCCCO)CC(C)(C(C)C(C)C)C(C)C(C)C. The molecule has 0 rings (SSSR count). The van der Waals surface area contributed by atoms with Gasteiger partial charge in [-0.15, -0.1) is 0 Å². The zero-order valence-corrected chi connectivity index (χ0v) is 18.1. The number of unbranched alkanes of at least 4 members (excludes halogenated alkanes) is 2. The maximum absolute atomic E-state index is 11.9. The van der Waals surface area contributed by atoms with Crippen LogP contribution in [0.4, 0.5) is 0 Å². The van der Waals surface area contributed by atoms with Crippen molar-refractivity contribution in [3.63, 3.8) is 0 Å². The number of ether oxygens (including phenoxy) is 1. The summed E-state index contributed by atoms with van der Waals surface area (Å²) in [6, 6.07) is 0. The van der Waals surface area contributed by atoms with Gasteiger partial charge in [-0.2, -0.15) is 0 Å². The van der Waals surface area contributed by atoms with Crippen LogP contribution in [-0.2, 0) is 9.53 Å². The maximum Gasteiger partial charge on any atom is 0.305 e. The van der Waals surface area contributed by atoms with Crippen LogP contribution in [0.2, 0.25) is 0 Å². The van der Waals surface area contributed by atoms with Crippen molar-refractivity contribution < 1.29 is 14.6 Å². The predicted molar refractivity (Wildman–Crippen MR) is 106 cm³/mol. The first kappa shape index (κ1) is 24.4. The number of rotatable bonds is 13. The van der Waals surface area contributed by atoms with Gasteiger partial charge < -0.3 is 9.84 Å². The van der Waals surface area contributed by atoms with E-state index in [4.69, 9.17) is 9.84 Å². The molecule has 0 fully saturated rings. The zero-order valence-electron chi connectivity index (χ0n) is 18.1. The van der Waals surface area contributed by atoms with Crippen molar-refractivity contribution >= 4 is 5.97 Å². The van der Waals surface area contributed by atoms with Gasteiger partial charge in [0, 0.05) is 13.0 Å². The first-order valence-electron chi connectivity index (χ1n) is 10.3. The summed E-state index contributed by atoms with van der Waals surface area (Å²) in [4.78, 5) is 11.9. The minimum atomic E-state index is -0.0969. The molecule has 0 aromatic carbocycles. The summed E-state index contributed by atoms with van der Waals surface area (Å²) >= 11 is 0. The lowest BCUT2D eigenvalue weighted by Crippen LogP contribution is -2.39. The van der Waals surface area contributed by atoms with Crippen molar-refractivity contribution in [3.05, 3.63) is 0 Å². The number of carbonyl (C=O) groups is 1. The lowest BCUT2D eigenvalue weighted by Gasteiger charge is -2.46. The number of carbonyl (C=O) groups excluding carboxylic acids is 1. The number of aliphatic hydroxyl groups is 1. The van der Waals surface area contributed by atoms with Gasteiger partial charge in [0.1, 0.15) is 0 Å². The Kier molecular flexibility index (Phi) is 11.7. The first-order valence-corrected chi connectivity index (χ1v) is 10.3. The summed E-state index contributed by atoms with van der Waals surface area (Å²) < 4.78 is 5.51. The van der Waals surface area contributed by atoms with Crippen LogP contribution >= 0.6 is 0 Å². The minimum Gasteiger partial charge on any atom is -0.465 e. The molecule has 1 N–H and O–H groups in total. The van der Waals surface area contributed by atoms with Gasteiger partial charge in [0.15, 0.2) is 0 Å². The fraction of sp³-hybridized carbons (Fsp3) is 0.955. The van der Waals surface area contributed by atoms with Gasteiger partial charge in [-0.1, -0.05) is 61.8 Å². The molecular weight excluding hydrogens is 312 g/mol. The molecule has 3 atom stereocenters. The normalized spacial score (nSPS) is 18.0.